The van der Waals surface area contributed by atoms with Gasteiger partial charge in [-0.05, 0) is 12.5 Å². The summed E-state index contributed by atoms with van der Waals surface area (Å²) in [6.45, 7) is 2.99. The number of carbonyl (C=O) groups excluding carboxylic acids is 1. The average molecular weight is 366 g/mol. The zero-order valence-electron chi connectivity index (χ0n) is 14.6. The number of hydrogen-bond donors (Lipinski definition) is 1. The van der Waals surface area contributed by atoms with E-state index in [0.29, 0.717) is 9.90 Å². The Kier molecular flexibility index (Phi) is 8.62. The molecule has 0 spiro atoms. The van der Waals surface area contributed by atoms with Gasteiger partial charge < -0.3 is 5.32 Å². The summed E-state index contributed by atoms with van der Waals surface area (Å²) in [5, 5.41) is 4.56. The highest BCUT2D eigenvalue weighted by Gasteiger charge is 2.16. The zero-order chi connectivity index (χ0) is 17.2. The maximum Gasteiger partial charge on any atom is 0.262 e. The Morgan fingerprint density at radius 1 is 1.00 bits per heavy atom. The van der Waals surface area contributed by atoms with Gasteiger partial charge in [0.2, 0.25) is 0 Å². The fraction of sp³-hybridized carbons (Fsp3) is 0.550. The highest BCUT2D eigenvalue weighted by Crippen LogP contribution is 2.34. The summed E-state index contributed by atoms with van der Waals surface area (Å²) in [6, 6.07) is 7.89. The molecule has 0 aliphatic heterocycles. The van der Waals surface area contributed by atoms with E-state index in [1.807, 2.05) is 24.3 Å². The molecular weight excluding hydrogens is 338 g/mol. The van der Waals surface area contributed by atoms with Gasteiger partial charge in [-0.3, -0.25) is 4.79 Å². The van der Waals surface area contributed by atoms with Crippen molar-refractivity contribution in [3.05, 3.63) is 34.2 Å². The Balaban J connectivity index is 1.62. The van der Waals surface area contributed by atoms with Crippen LogP contribution in [0.5, 0.6) is 0 Å². The molecule has 0 saturated heterocycles. The van der Waals surface area contributed by atoms with Crippen LogP contribution in [0.15, 0.2) is 24.3 Å². The van der Waals surface area contributed by atoms with E-state index >= 15 is 0 Å². The second-order valence-corrected chi connectivity index (χ2v) is 7.76. The quantitative estimate of drug-likeness (QED) is 0.435. The lowest BCUT2D eigenvalue weighted by Gasteiger charge is -2.04. The van der Waals surface area contributed by atoms with Gasteiger partial charge in [-0.25, -0.2) is 0 Å². The molecule has 0 unspecified atom stereocenters. The summed E-state index contributed by atoms with van der Waals surface area (Å²) in [7, 11) is 0. The number of nitrogens with one attached hydrogen (secondary N) is 1. The van der Waals surface area contributed by atoms with Gasteiger partial charge in [-0.15, -0.1) is 11.3 Å². The predicted octanol–water partition coefficient (Wildman–Crippen LogP) is 6.82. The van der Waals surface area contributed by atoms with E-state index < -0.39 is 0 Å². The first-order chi connectivity index (χ1) is 11.7. The number of carbonyl (C=O) groups is 1. The van der Waals surface area contributed by atoms with E-state index in [0.717, 1.165) is 23.1 Å². The highest BCUT2D eigenvalue weighted by molar-refractivity contribution is 7.21. The minimum Gasteiger partial charge on any atom is -0.351 e. The van der Waals surface area contributed by atoms with Crippen LogP contribution < -0.4 is 5.32 Å². The van der Waals surface area contributed by atoms with Crippen LogP contribution in [0.1, 0.15) is 74.4 Å². The molecule has 24 heavy (non-hydrogen) atoms. The summed E-state index contributed by atoms with van der Waals surface area (Å²) >= 11 is 7.80. The predicted molar refractivity (Wildman–Crippen MR) is 106 cm³/mol. The Morgan fingerprint density at radius 2 is 1.62 bits per heavy atom. The van der Waals surface area contributed by atoms with Crippen LogP contribution in [0.3, 0.4) is 0 Å². The van der Waals surface area contributed by atoms with Gasteiger partial charge in [-0.1, -0.05) is 88.1 Å². The van der Waals surface area contributed by atoms with Crippen LogP contribution in [-0.4, -0.2) is 12.5 Å². The van der Waals surface area contributed by atoms with Crippen LogP contribution in [0.2, 0.25) is 5.02 Å². The molecule has 0 radical (unpaired) electrons. The van der Waals surface area contributed by atoms with Gasteiger partial charge in [0.05, 0.1) is 5.02 Å². The largest absolute Gasteiger partial charge is 0.351 e. The molecular formula is C20H28ClNOS. The number of hydrogen-bond acceptors (Lipinski definition) is 2. The number of thiophene rings is 1. The number of unbranched alkanes of at least 4 members (excludes halogenated alkanes) is 8. The van der Waals surface area contributed by atoms with Crippen molar-refractivity contribution in [1.29, 1.82) is 0 Å². The van der Waals surface area contributed by atoms with E-state index in [4.69, 9.17) is 11.6 Å². The number of benzene rings is 1. The van der Waals surface area contributed by atoms with E-state index in [1.165, 1.54) is 62.7 Å². The minimum absolute atomic E-state index is 0.0410. The van der Waals surface area contributed by atoms with E-state index in [1.54, 1.807) is 0 Å². The highest BCUT2D eigenvalue weighted by atomic mass is 35.5. The molecule has 0 aliphatic carbocycles. The zero-order valence-corrected chi connectivity index (χ0v) is 16.1. The van der Waals surface area contributed by atoms with Crippen molar-refractivity contribution in [3.63, 3.8) is 0 Å². The van der Waals surface area contributed by atoms with Crippen molar-refractivity contribution < 1.29 is 4.79 Å². The summed E-state index contributed by atoms with van der Waals surface area (Å²) < 4.78 is 1.07. The summed E-state index contributed by atoms with van der Waals surface area (Å²) in [5.41, 5.74) is 0. The van der Waals surface area contributed by atoms with Crippen molar-refractivity contribution in [2.45, 2.75) is 64.7 Å². The van der Waals surface area contributed by atoms with E-state index in [9.17, 15) is 4.79 Å². The molecule has 4 heteroatoms. The van der Waals surface area contributed by atoms with Crippen molar-refractivity contribution in [3.8, 4) is 0 Å². The Morgan fingerprint density at radius 3 is 2.29 bits per heavy atom. The van der Waals surface area contributed by atoms with Gasteiger partial charge in [0.15, 0.2) is 0 Å². The summed E-state index contributed by atoms with van der Waals surface area (Å²) in [6.07, 6.45) is 11.6. The van der Waals surface area contributed by atoms with Crippen molar-refractivity contribution in [2.75, 3.05) is 6.54 Å². The Labute approximate surface area is 154 Å². The van der Waals surface area contributed by atoms with E-state index in [2.05, 4.69) is 12.2 Å². The molecule has 2 aromatic rings. The van der Waals surface area contributed by atoms with Crippen LogP contribution in [-0.2, 0) is 0 Å². The minimum atomic E-state index is -0.0410. The number of amides is 1. The van der Waals surface area contributed by atoms with Crippen molar-refractivity contribution in [2.24, 2.45) is 0 Å². The lowest BCUT2D eigenvalue weighted by atomic mass is 10.1. The normalized spacial score (nSPS) is 11.1. The summed E-state index contributed by atoms with van der Waals surface area (Å²) in [4.78, 5) is 12.9. The second-order valence-electron chi connectivity index (χ2n) is 6.33. The monoisotopic (exact) mass is 365 g/mol. The first-order valence-corrected chi connectivity index (χ1v) is 10.4. The molecule has 0 atom stereocenters. The lowest BCUT2D eigenvalue weighted by Crippen LogP contribution is -2.23. The number of rotatable bonds is 11. The first-order valence-electron chi connectivity index (χ1n) is 9.19. The SMILES string of the molecule is CCCCCCCCCCCNC(=O)c1sc2ccccc2c1Cl. The molecule has 1 heterocycles. The fourth-order valence-corrected chi connectivity index (χ4v) is 4.31. The van der Waals surface area contributed by atoms with Gasteiger partial charge in [-0.2, -0.15) is 0 Å². The second kappa shape index (κ2) is 10.7. The third-order valence-corrected chi connectivity index (χ3v) is 5.98. The number of halogens is 1. The molecule has 1 N–H and O–H groups in total. The molecule has 0 fully saturated rings. The maximum absolute atomic E-state index is 12.3. The molecule has 2 nitrogen and oxygen atoms in total. The molecule has 1 aromatic carbocycles. The van der Waals surface area contributed by atoms with Gasteiger partial charge in [0, 0.05) is 16.6 Å². The van der Waals surface area contributed by atoms with Crippen LogP contribution >= 0.6 is 22.9 Å². The lowest BCUT2D eigenvalue weighted by molar-refractivity contribution is 0.0957. The van der Waals surface area contributed by atoms with Gasteiger partial charge in [0.1, 0.15) is 4.88 Å². The molecule has 1 aromatic heterocycles. The fourth-order valence-electron chi connectivity index (χ4n) is 2.88. The Bertz CT molecular complexity index is 638. The molecule has 0 saturated carbocycles. The number of fused-ring (bicyclic) bond motifs is 1. The standard InChI is InChI=1S/C20H28ClNOS/c1-2-3-4-5-6-7-8-9-12-15-22-20(23)19-18(21)16-13-10-11-14-17(16)24-19/h10-11,13-14H,2-9,12,15H2,1H3,(H,22,23). The first kappa shape index (κ1) is 19.3. The third kappa shape index (κ3) is 5.78. The van der Waals surface area contributed by atoms with E-state index in [-0.39, 0.29) is 5.91 Å². The summed E-state index contributed by atoms with van der Waals surface area (Å²) in [5.74, 6) is -0.0410. The topological polar surface area (TPSA) is 29.1 Å². The molecule has 0 bridgehead atoms. The van der Waals surface area contributed by atoms with Crippen LogP contribution in [0.25, 0.3) is 10.1 Å². The smallest absolute Gasteiger partial charge is 0.262 e. The van der Waals surface area contributed by atoms with Gasteiger partial charge in [0.25, 0.3) is 5.91 Å². The Hall–Kier alpha value is -1.06. The molecule has 132 valence electrons. The van der Waals surface area contributed by atoms with Crippen molar-refractivity contribution in [1.82, 2.24) is 5.32 Å². The van der Waals surface area contributed by atoms with Gasteiger partial charge >= 0.3 is 0 Å². The van der Waals surface area contributed by atoms with Crippen LogP contribution in [0, 0.1) is 0 Å². The molecule has 0 aliphatic rings. The third-order valence-electron chi connectivity index (χ3n) is 4.31. The molecule has 1 amide bonds. The maximum atomic E-state index is 12.3. The van der Waals surface area contributed by atoms with Crippen LogP contribution in [0.4, 0.5) is 0 Å². The average Bonchev–Trinajstić information content (AvgIpc) is 2.94. The molecule has 2 rings (SSSR count). The van der Waals surface area contributed by atoms with Crippen molar-refractivity contribution >= 4 is 38.9 Å².